The largest absolute Gasteiger partial charge is 0.484 e. The average molecular weight is 507 g/mol. The van der Waals surface area contributed by atoms with Crippen LogP contribution in [0.4, 0.5) is 39.1 Å². The quantitative estimate of drug-likeness (QED) is 0.183. The van der Waals surface area contributed by atoms with Crippen molar-refractivity contribution in [2.45, 2.75) is 12.3 Å². The first-order valence-corrected chi connectivity index (χ1v) is 10.4. The van der Waals surface area contributed by atoms with E-state index >= 15 is 0 Å². The van der Waals surface area contributed by atoms with Crippen molar-refractivity contribution in [1.29, 1.82) is 5.41 Å². The molecule has 0 aliphatic carbocycles. The van der Waals surface area contributed by atoms with Gasteiger partial charge in [-0.1, -0.05) is 6.58 Å². The minimum absolute atomic E-state index is 0.0265. The first kappa shape index (κ1) is 26.3. The molecule has 12 heteroatoms. The Morgan fingerprint density at radius 2 is 1.67 bits per heavy atom. The lowest BCUT2D eigenvalue weighted by atomic mass is 10.1. The molecule has 2 aromatic carbocycles. The molecule has 1 aromatic heterocycles. The van der Waals surface area contributed by atoms with Crippen molar-refractivity contribution in [3.63, 3.8) is 0 Å². The lowest BCUT2D eigenvalue weighted by molar-refractivity contribution is -0.139. The van der Waals surface area contributed by atoms with Crippen LogP contribution >= 0.6 is 0 Å². The number of alkyl halides is 5. The van der Waals surface area contributed by atoms with Crippen molar-refractivity contribution in [3.05, 3.63) is 78.3 Å². The molecule has 0 radical (unpaired) electrons. The molecule has 7 nitrogen and oxygen atoms in total. The minimum Gasteiger partial charge on any atom is -0.484 e. The van der Waals surface area contributed by atoms with Crippen LogP contribution in [-0.2, 0) is 6.18 Å². The molecular weight excluding hydrogens is 485 g/mol. The summed E-state index contributed by atoms with van der Waals surface area (Å²) < 4.78 is 76.4. The predicted molar refractivity (Wildman–Crippen MR) is 127 cm³/mol. The van der Waals surface area contributed by atoms with Gasteiger partial charge < -0.3 is 31.3 Å². The summed E-state index contributed by atoms with van der Waals surface area (Å²) in [6.07, 6.45) is -3.95. The molecule has 3 aromatic rings. The molecule has 36 heavy (non-hydrogen) atoms. The van der Waals surface area contributed by atoms with Gasteiger partial charge in [0.05, 0.1) is 11.1 Å². The monoisotopic (exact) mass is 507 g/mol. The number of halogens is 5. The van der Waals surface area contributed by atoms with Crippen molar-refractivity contribution in [2.24, 2.45) is 0 Å². The molecule has 0 saturated heterocycles. The van der Waals surface area contributed by atoms with E-state index in [2.05, 4.69) is 22.2 Å². The van der Waals surface area contributed by atoms with E-state index in [1.165, 1.54) is 12.3 Å². The van der Waals surface area contributed by atoms with Crippen LogP contribution in [0.25, 0.3) is 0 Å². The van der Waals surface area contributed by atoms with Gasteiger partial charge in [-0.05, 0) is 48.5 Å². The van der Waals surface area contributed by atoms with Gasteiger partial charge in [0.15, 0.2) is 6.10 Å². The number of nitrogen functional groups attached to an aromatic ring is 1. The van der Waals surface area contributed by atoms with Crippen LogP contribution in [0.15, 0.2) is 67.1 Å². The highest BCUT2D eigenvalue weighted by Gasteiger charge is 2.35. The fourth-order valence-corrected chi connectivity index (χ4v) is 3.03. The van der Waals surface area contributed by atoms with Gasteiger partial charge in [-0.15, -0.1) is 0 Å². The second kappa shape index (κ2) is 11.4. The Bertz CT molecular complexity index is 1210. The van der Waals surface area contributed by atoms with Crippen molar-refractivity contribution >= 4 is 23.4 Å². The lowest BCUT2D eigenvalue weighted by Gasteiger charge is -2.19. The first-order chi connectivity index (χ1) is 17.1. The summed E-state index contributed by atoms with van der Waals surface area (Å²) in [5.41, 5.74) is 5.45. The van der Waals surface area contributed by atoms with Crippen molar-refractivity contribution < 1.29 is 31.4 Å². The fourth-order valence-electron chi connectivity index (χ4n) is 3.03. The van der Waals surface area contributed by atoms with Crippen molar-refractivity contribution in [3.8, 4) is 17.2 Å². The lowest BCUT2D eigenvalue weighted by Crippen LogP contribution is -2.23. The van der Waals surface area contributed by atoms with Crippen molar-refractivity contribution in [1.82, 2.24) is 4.98 Å². The van der Waals surface area contributed by atoms with Crippen LogP contribution in [0.5, 0.6) is 17.2 Å². The molecule has 5 N–H and O–H groups in total. The second-order valence-corrected chi connectivity index (χ2v) is 7.36. The van der Waals surface area contributed by atoms with Crippen LogP contribution in [0.1, 0.15) is 11.1 Å². The first-order valence-electron chi connectivity index (χ1n) is 10.4. The fraction of sp³-hybridized carbons (Fsp3) is 0.167. The van der Waals surface area contributed by atoms with Gasteiger partial charge in [0.25, 0.3) is 0 Å². The number of pyridine rings is 1. The van der Waals surface area contributed by atoms with Crippen LogP contribution in [0.2, 0.25) is 0 Å². The van der Waals surface area contributed by atoms with Crippen molar-refractivity contribution in [2.75, 3.05) is 29.7 Å². The number of nitrogens with zero attached hydrogens (tertiary/aromatic N) is 1. The molecular formula is C24H22F5N5O2. The van der Waals surface area contributed by atoms with E-state index in [0.717, 1.165) is 18.3 Å². The maximum Gasteiger partial charge on any atom is 0.420 e. The maximum atomic E-state index is 13.5. The van der Waals surface area contributed by atoms with Gasteiger partial charge in [0, 0.05) is 23.8 Å². The number of aromatic nitrogens is 1. The van der Waals surface area contributed by atoms with Crippen LogP contribution in [0, 0.1) is 5.41 Å². The molecule has 0 aliphatic rings. The van der Waals surface area contributed by atoms with E-state index in [4.69, 9.17) is 20.6 Å². The summed E-state index contributed by atoms with van der Waals surface area (Å²) in [6, 6.07) is 11.1. The number of rotatable bonds is 11. The number of nitrogens with one attached hydrogen (secondary N) is 3. The van der Waals surface area contributed by atoms with E-state index < -0.39 is 36.9 Å². The van der Waals surface area contributed by atoms with E-state index in [-0.39, 0.29) is 17.3 Å². The standard InChI is InChI=1S/C24H22F5N5O2/c1-14(34-16-4-7-22(36-18(11-25)12-26)20(10-16)24(27,28)29)33-15-2-5-17(6-3-15)35-21-8-9-32-23(31)19(21)13-30/h2-10,13,18,30,33-34H,1,11-12H2,(H2,31,32). The number of nitrogens with two attached hydrogens (primary N) is 1. The smallest absolute Gasteiger partial charge is 0.420 e. The highest BCUT2D eigenvalue weighted by atomic mass is 19.4. The number of benzene rings is 2. The molecule has 0 atom stereocenters. The van der Waals surface area contributed by atoms with E-state index in [1.54, 1.807) is 30.3 Å². The zero-order valence-electron chi connectivity index (χ0n) is 18.7. The molecule has 0 unspecified atom stereocenters. The van der Waals surface area contributed by atoms with E-state index in [9.17, 15) is 22.0 Å². The van der Waals surface area contributed by atoms with Gasteiger partial charge in [-0.25, -0.2) is 13.8 Å². The van der Waals surface area contributed by atoms with Gasteiger partial charge >= 0.3 is 6.18 Å². The molecule has 0 bridgehead atoms. The SMILES string of the molecule is C=C(Nc1ccc(Oc2ccnc(N)c2C=N)cc1)Nc1ccc(OC(CF)CF)c(C(F)(F)F)c1. The van der Waals surface area contributed by atoms with Crippen LogP contribution in [0.3, 0.4) is 0 Å². The Balaban J connectivity index is 1.68. The average Bonchev–Trinajstić information content (AvgIpc) is 2.84. The Hall–Kier alpha value is -4.35. The summed E-state index contributed by atoms with van der Waals surface area (Å²) >= 11 is 0. The summed E-state index contributed by atoms with van der Waals surface area (Å²) in [6.45, 7) is 1.22. The highest BCUT2D eigenvalue weighted by molar-refractivity contribution is 5.87. The number of anilines is 3. The van der Waals surface area contributed by atoms with Crippen LogP contribution < -0.4 is 25.8 Å². The normalized spacial score (nSPS) is 11.2. The summed E-state index contributed by atoms with van der Waals surface area (Å²) in [5, 5.41) is 13.0. The Morgan fingerprint density at radius 1 is 1.03 bits per heavy atom. The molecule has 0 aliphatic heterocycles. The molecule has 0 fully saturated rings. The van der Waals surface area contributed by atoms with E-state index in [1.807, 2.05) is 0 Å². The van der Waals surface area contributed by atoms with Gasteiger partial charge in [0.2, 0.25) is 0 Å². The minimum atomic E-state index is -4.81. The third-order valence-corrected chi connectivity index (χ3v) is 4.72. The summed E-state index contributed by atoms with van der Waals surface area (Å²) in [7, 11) is 0. The zero-order valence-corrected chi connectivity index (χ0v) is 18.7. The Kier molecular flexibility index (Phi) is 8.30. The van der Waals surface area contributed by atoms with Gasteiger partial charge in [0.1, 0.15) is 42.2 Å². The molecule has 0 amide bonds. The number of hydrogen-bond acceptors (Lipinski definition) is 7. The summed E-state index contributed by atoms with van der Waals surface area (Å²) in [4.78, 5) is 3.90. The molecule has 1 heterocycles. The topological polar surface area (TPSA) is 105 Å². The molecule has 190 valence electrons. The molecule has 0 spiro atoms. The third kappa shape index (κ3) is 6.62. The maximum absolute atomic E-state index is 13.5. The van der Waals surface area contributed by atoms with Gasteiger partial charge in [-0.2, -0.15) is 13.2 Å². The Labute approximate surface area is 203 Å². The molecule has 3 rings (SSSR count). The number of ether oxygens (including phenoxy) is 2. The van der Waals surface area contributed by atoms with E-state index in [0.29, 0.717) is 22.7 Å². The number of hydrogen-bond donors (Lipinski definition) is 4. The predicted octanol–water partition coefficient (Wildman–Crippen LogP) is 6.15. The van der Waals surface area contributed by atoms with Crippen LogP contribution in [-0.4, -0.2) is 30.7 Å². The highest BCUT2D eigenvalue weighted by Crippen LogP contribution is 2.38. The van der Waals surface area contributed by atoms with Gasteiger partial charge in [-0.3, -0.25) is 0 Å². The molecule has 0 saturated carbocycles. The second-order valence-electron chi connectivity index (χ2n) is 7.36. The third-order valence-electron chi connectivity index (χ3n) is 4.72. The zero-order chi connectivity index (χ0) is 26.3. The summed E-state index contributed by atoms with van der Waals surface area (Å²) in [5.74, 6) is 0.425. The Morgan fingerprint density at radius 3 is 2.28 bits per heavy atom.